The average molecular weight is 207 g/mol. The molecule has 0 aromatic carbocycles. The Balaban J connectivity index is 2.30. The van der Waals surface area contributed by atoms with Crippen LogP contribution >= 0.6 is 0 Å². The van der Waals surface area contributed by atoms with E-state index in [-0.39, 0.29) is 6.04 Å². The summed E-state index contributed by atoms with van der Waals surface area (Å²) in [5, 5.41) is 4.25. The quantitative estimate of drug-likeness (QED) is 0.764. The third-order valence-corrected chi connectivity index (χ3v) is 3.07. The Bertz CT molecular complexity index is 393. The van der Waals surface area contributed by atoms with Crippen LogP contribution in [0.4, 0.5) is 0 Å². The molecule has 5 nitrogen and oxygen atoms in total. The molecule has 1 aromatic heterocycles. The molecule has 2 rings (SSSR count). The van der Waals surface area contributed by atoms with Crippen molar-refractivity contribution in [1.29, 1.82) is 0 Å². The lowest BCUT2D eigenvalue weighted by Crippen LogP contribution is -2.35. The maximum Gasteiger partial charge on any atom is 0.191 e. The first-order valence-electron chi connectivity index (χ1n) is 5.20. The number of hydrogen-bond acceptors (Lipinski definition) is 4. The van der Waals surface area contributed by atoms with Gasteiger partial charge >= 0.3 is 0 Å². The Morgan fingerprint density at radius 2 is 2.33 bits per heavy atom. The molecule has 1 aromatic rings. The van der Waals surface area contributed by atoms with E-state index >= 15 is 0 Å². The highest BCUT2D eigenvalue weighted by Gasteiger charge is 2.28. The highest BCUT2D eigenvalue weighted by atomic mass is 15.3. The van der Waals surface area contributed by atoms with Crippen molar-refractivity contribution < 1.29 is 0 Å². The van der Waals surface area contributed by atoms with Crippen LogP contribution < -0.4 is 5.73 Å². The van der Waals surface area contributed by atoms with Gasteiger partial charge in [0.2, 0.25) is 0 Å². The molecule has 2 heterocycles. The van der Waals surface area contributed by atoms with Crippen molar-refractivity contribution in [3.05, 3.63) is 17.5 Å². The van der Waals surface area contributed by atoms with Crippen LogP contribution in [0.2, 0.25) is 0 Å². The van der Waals surface area contributed by atoms with Crippen molar-refractivity contribution in [2.45, 2.75) is 19.9 Å². The predicted octanol–water partition coefficient (Wildman–Crippen LogP) is 0.420. The standard InChI is InChI=1S/C10H17N5/c1-4-15-9(6-12-10(15)11)8-5-13-14(3)7(8)2/h5,9H,4,6H2,1-3H3,(H2,11,12). The van der Waals surface area contributed by atoms with Crippen LogP contribution in [0.15, 0.2) is 11.2 Å². The lowest BCUT2D eigenvalue weighted by molar-refractivity contribution is 0.363. The van der Waals surface area contributed by atoms with Gasteiger partial charge in [0.15, 0.2) is 5.96 Å². The first kappa shape index (κ1) is 10.0. The Labute approximate surface area is 89.6 Å². The van der Waals surface area contributed by atoms with Gasteiger partial charge in [-0.25, -0.2) is 0 Å². The Kier molecular flexibility index (Phi) is 2.38. The Hall–Kier alpha value is -1.52. The second-order valence-corrected chi connectivity index (χ2v) is 3.81. The molecule has 1 atom stereocenters. The largest absolute Gasteiger partial charge is 0.370 e. The van der Waals surface area contributed by atoms with Gasteiger partial charge in [0.05, 0.1) is 18.8 Å². The highest BCUT2D eigenvalue weighted by Crippen LogP contribution is 2.26. The molecule has 0 spiro atoms. The monoisotopic (exact) mass is 207 g/mol. The van der Waals surface area contributed by atoms with E-state index in [0.29, 0.717) is 5.96 Å². The number of aliphatic imine (C=N–C) groups is 1. The smallest absolute Gasteiger partial charge is 0.191 e. The summed E-state index contributed by atoms with van der Waals surface area (Å²) in [4.78, 5) is 6.39. The molecule has 82 valence electrons. The van der Waals surface area contributed by atoms with Crippen molar-refractivity contribution in [3.8, 4) is 0 Å². The molecule has 0 bridgehead atoms. The van der Waals surface area contributed by atoms with Crippen molar-refractivity contribution in [3.63, 3.8) is 0 Å². The van der Waals surface area contributed by atoms with Crippen LogP contribution in [0, 0.1) is 6.92 Å². The average Bonchev–Trinajstić information content (AvgIpc) is 2.73. The molecule has 0 radical (unpaired) electrons. The highest BCUT2D eigenvalue weighted by molar-refractivity contribution is 5.80. The number of likely N-dealkylation sites (N-methyl/N-ethyl adjacent to an activating group) is 1. The number of aromatic nitrogens is 2. The van der Waals surface area contributed by atoms with Gasteiger partial charge in [-0.1, -0.05) is 0 Å². The molecule has 0 amide bonds. The maximum absolute atomic E-state index is 5.82. The van der Waals surface area contributed by atoms with Gasteiger partial charge in [-0.15, -0.1) is 0 Å². The third-order valence-electron chi connectivity index (χ3n) is 3.07. The van der Waals surface area contributed by atoms with Gasteiger partial charge in [0, 0.05) is 24.8 Å². The molecule has 15 heavy (non-hydrogen) atoms. The molecule has 1 unspecified atom stereocenters. The normalized spacial score (nSPS) is 20.9. The third kappa shape index (κ3) is 1.48. The number of rotatable bonds is 2. The molecule has 0 fully saturated rings. The summed E-state index contributed by atoms with van der Waals surface area (Å²) in [6, 6.07) is 0.267. The van der Waals surface area contributed by atoms with Gasteiger partial charge in [-0.3, -0.25) is 9.67 Å². The molecular formula is C10H17N5. The van der Waals surface area contributed by atoms with Crippen molar-refractivity contribution in [2.24, 2.45) is 17.8 Å². The van der Waals surface area contributed by atoms with E-state index in [0.717, 1.165) is 13.1 Å². The topological polar surface area (TPSA) is 59.4 Å². The van der Waals surface area contributed by atoms with Crippen LogP contribution in [0.3, 0.4) is 0 Å². The molecule has 2 N–H and O–H groups in total. The minimum atomic E-state index is 0.267. The minimum absolute atomic E-state index is 0.267. The first-order valence-corrected chi connectivity index (χ1v) is 5.20. The van der Waals surface area contributed by atoms with E-state index in [1.165, 1.54) is 11.3 Å². The summed E-state index contributed by atoms with van der Waals surface area (Å²) < 4.78 is 1.89. The molecule has 0 saturated carbocycles. The SMILES string of the molecule is CCN1C(N)=NCC1c1cnn(C)c1C. The van der Waals surface area contributed by atoms with Gasteiger partial charge < -0.3 is 10.6 Å². The molecular weight excluding hydrogens is 190 g/mol. The van der Waals surface area contributed by atoms with Gasteiger partial charge in [0.1, 0.15) is 0 Å². The van der Waals surface area contributed by atoms with Crippen LogP contribution in [0.25, 0.3) is 0 Å². The number of aryl methyl sites for hydroxylation is 1. The van der Waals surface area contributed by atoms with E-state index < -0.39 is 0 Å². The number of nitrogens with two attached hydrogens (primary N) is 1. The molecule has 5 heteroatoms. The van der Waals surface area contributed by atoms with Crippen LogP contribution in [0.5, 0.6) is 0 Å². The first-order chi connectivity index (χ1) is 7.15. The van der Waals surface area contributed by atoms with Gasteiger partial charge in [-0.05, 0) is 13.8 Å². The Morgan fingerprint density at radius 3 is 2.87 bits per heavy atom. The lowest BCUT2D eigenvalue weighted by atomic mass is 10.1. The zero-order valence-electron chi connectivity index (χ0n) is 9.44. The van der Waals surface area contributed by atoms with Crippen LogP contribution in [-0.4, -0.2) is 33.7 Å². The summed E-state index contributed by atoms with van der Waals surface area (Å²) in [6.07, 6.45) is 1.91. The summed E-state index contributed by atoms with van der Waals surface area (Å²) in [6.45, 7) is 5.79. The fourth-order valence-corrected chi connectivity index (χ4v) is 2.02. The van der Waals surface area contributed by atoms with E-state index in [2.05, 4.69) is 28.8 Å². The van der Waals surface area contributed by atoms with Crippen LogP contribution in [0.1, 0.15) is 24.2 Å². The summed E-state index contributed by atoms with van der Waals surface area (Å²) in [5.41, 5.74) is 8.23. The number of guanidine groups is 1. The van der Waals surface area contributed by atoms with Crippen molar-refractivity contribution in [2.75, 3.05) is 13.1 Å². The molecule has 1 aliphatic heterocycles. The summed E-state index contributed by atoms with van der Waals surface area (Å²) in [7, 11) is 1.95. The zero-order valence-corrected chi connectivity index (χ0v) is 9.44. The van der Waals surface area contributed by atoms with E-state index in [9.17, 15) is 0 Å². The van der Waals surface area contributed by atoms with E-state index in [4.69, 9.17) is 5.73 Å². The molecule has 0 aliphatic carbocycles. The van der Waals surface area contributed by atoms with Crippen LogP contribution in [-0.2, 0) is 7.05 Å². The van der Waals surface area contributed by atoms with Gasteiger partial charge in [0.25, 0.3) is 0 Å². The minimum Gasteiger partial charge on any atom is -0.370 e. The second-order valence-electron chi connectivity index (χ2n) is 3.81. The van der Waals surface area contributed by atoms with Crippen molar-refractivity contribution >= 4 is 5.96 Å². The molecule has 0 saturated heterocycles. The number of hydrogen-bond donors (Lipinski definition) is 1. The lowest BCUT2D eigenvalue weighted by Gasteiger charge is -2.24. The summed E-state index contributed by atoms with van der Waals surface area (Å²) in [5.74, 6) is 0.644. The predicted molar refractivity (Wildman–Crippen MR) is 59.6 cm³/mol. The van der Waals surface area contributed by atoms with Gasteiger partial charge in [-0.2, -0.15) is 5.10 Å². The maximum atomic E-state index is 5.82. The molecule has 1 aliphatic rings. The number of nitrogens with zero attached hydrogens (tertiary/aromatic N) is 4. The fourth-order valence-electron chi connectivity index (χ4n) is 2.02. The summed E-state index contributed by atoms with van der Waals surface area (Å²) >= 11 is 0. The van der Waals surface area contributed by atoms with Crippen molar-refractivity contribution in [1.82, 2.24) is 14.7 Å². The second kappa shape index (κ2) is 3.56. The van der Waals surface area contributed by atoms with E-state index in [1.54, 1.807) is 0 Å². The fraction of sp³-hybridized carbons (Fsp3) is 0.600. The zero-order chi connectivity index (χ0) is 11.0. The van der Waals surface area contributed by atoms with E-state index in [1.807, 2.05) is 17.9 Å². The Morgan fingerprint density at radius 1 is 1.60 bits per heavy atom.